The molecule has 0 unspecified atom stereocenters. The SMILES string of the molecule is CC[C@H](Oc1ccccc1)C(=O)OCC(=O)NCc1ccc(F)cc1. The number of esters is 1. The van der Waals surface area contributed by atoms with E-state index in [0.29, 0.717) is 12.2 Å². The lowest BCUT2D eigenvalue weighted by Crippen LogP contribution is -2.33. The number of amides is 1. The molecule has 6 heteroatoms. The van der Waals surface area contributed by atoms with Crippen molar-refractivity contribution in [2.75, 3.05) is 6.61 Å². The number of ether oxygens (including phenoxy) is 2. The fourth-order valence-corrected chi connectivity index (χ4v) is 2.04. The van der Waals surface area contributed by atoms with E-state index >= 15 is 0 Å². The molecule has 0 heterocycles. The standard InChI is InChI=1S/C19H20FNO4/c1-2-17(25-16-6-4-3-5-7-16)19(23)24-13-18(22)21-12-14-8-10-15(20)11-9-14/h3-11,17H,2,12-13H2,1H3,(H,21,22)/t17-/m0/s1. The van der Waals surface area contributed by atoms with Crippen molar-refractivity contribution in [3.05, 3.63) is 66.0 Å². The lowest BCUT2D eigenvalue weighted by molar-refractivity contribution is -0.155. The Hall–Kier alpha value is -2.89. The quantitative estimate of drug-likeness (QED) is 0.747. The van der Waals surface area contributed by atoms with Crippen LogP contribution in [-0.2, 0) is 20.9 Å². The van der Waals surface area contributed by atoms with Crippen LogP contribution in [0.25, 0.3) is 0 Å². The van der Waals surface area contributed by atoms with E-state index in [2.05, 4.69) is 5.32 Å². The van der Waals surface area contributed by atoms with E-state index < -0.39 is 24.6 Å². The second kappa shape index (κ2) is 9.42. The number of hydrogen-bond acceptors (Lipinski definition) is 4. The first-order chi connectivity index (χ1) is 12.1. The van der Waals surface area contributed by atoms with E-state index in [1.54, 1.807) is 43.3 Å². The Morgan fingerprint density at radius 3 is 2.40 bits per heavy atom. The van der Waals surface area contributed by atoms with Crippen molar-refractivity contribution in [2.24, 2.45) is 0 Å². The lowest BCUT2D eigenvalue weighted by Gasteiger charge is -2.16. The van der Waals surface area contributed by atoms with Crippen molar-refractivity contribution in [2.45, 2.75) is 26.0 Å². The lowest BCUT2D eigenvalue weighted by atomic mass is 10.2. The van der Waals surface area contributed by atoms with Crippen LogP contribution in [0.4, 0.5) is 4.39 Å². The highest BCUT2D eigenvalue weighted by Crippen LogP contribution is 2.13. The molecule has 5 nitrogen and oxygen atoms in total. The molecule has 0 bridgehead atoms. The van der Waals surface area contributed by atoms with Crippen molar-refractivity contribution >= 4 is 11.9 Å². The first-order valence-corrected chi connectivity index (χ1v) is 7.98. The highest BCUT2D eigenvalue weighted by Gasteiger charge is 2.21. The number of benzene rings is 2. The molecule has 0 aliphatic rings. The van der Waals surface area contributed by atoms with Crippen molar-refractivity contribution in [3.8, 4) is 5.75 Å². The molecule has 1 atom stereocenters. The van der Waals surface area contributed by atoms with Gasteiger partial charge >= 0.3 is 5.97 Å². The predicted molar refractivity (Wildman–Crippen MR) is 90.4 cm³/mol. The molecular formula is C19H20FNO4. The summed E-state index contributed by atoms with van der Waals surface area (Å²) in [6, 6.07) is 14.7. The average Bonchev–Trinajstić information content (AvgIpc) is 2.64. The van der Waals surface area contributed by atoms with Crippen LogP contribution in [0.2, 0.25) is 0 Å². The van der Waals surface area contributed by atoms with Gasteiger partial charge in [-0.05, 0) is 36.2 Å². The van der Waals surface area contributed by atoms with E-state index in [0.717, 1.165) is 5.56 Å². The molecule has 0 saturated heterocycles. The minimum atomic E-state index is -0.771. The molecular weight excluding hydrogens is 325 g/mol. The molecule has 0 aromatic heterocycles. The fourth-order valence-electron chi connectivity index (χ4n) is 2.04. The summed E-state index contributed by atoms with van der Waals surface area (Å²) in [5, 5.41) is 2.60. The zero-order valence-corrected chi connectivity index (χ0v) is 13.9. The van der Waals surface area contributed by atoms with Crippen LogP contribution in [0.3, 0.4) is 0 Å². The number of hydrogen-bond donors (Lipinski definition) is 1. The van der Waals surface area contributed by atoms with Gasteiger partial charge in [0.15, 0.2) is 12.7 Å². The molecule has 25 heavy (non-hydrogen) atoms. The molecule has 0 spiro atoms. The minimum Gasteiger partial charge on any atom is -0.479 e. The van der Waals surface area contributed by atoms with Crippen LogP contribution in [0, 0.1) is 5.82 Å². The summed E-state index contributed by atoms with van der Waals surface area (Å²) >= 11 is 0. The Balaban J connectivity index is 1.75. The fraction of sp³-hybridized carbons (Fsp3) is 0.263. The van der Waals surface area contributed by atoms with Crippen LogP contribution in [0.1, 0.15) is 18.9 Å². The van der Waals surface area contributed by atoms with Gasteiger partial charge in [-0.2, -0.15) is 0 Å². The van der Waals surface area contributed by atoms with Gasteiger partial charge in [-0.25, -0.2) is 9.18 Å². The van der Waals surface area contributed by atoms with E-state index in [4.69, 9.17) is 9.47 Å². The Morgan fingerprint density at radius 2 is 1.76 bits per heavy atom. The number of rotatable bonds is 8. The topological polar surface area (TPSA) is 64.6 Å². The molecule has 132 valence electrons. The second-order valence-electron chi connectivity index (χ2n) is 5.34. The summed E-state index contributed by atoms with van der Waals surface area (Å²) in [6.45, 7) is 1.63. The largest absolute Gasteiger partial charge is 0.479 e. The number of halogens is 1. The first kappa shape index (κ1) is 18.4. The third kappa shape index (κ3) is 6.25. The predicted octanol–water partition coefficient (Wildman–Crippen LogP) is 2.84. The van der Waals surface area contributed by atoms with E-state index in [9.17, 15) is 14.0 Å². The summed E-state index contributed by atoms with van der Waals surface area (Å²) in [7, 11) is 0. The van der Waals surface area contributed by atoms with Crippen LogP contribution in [-0.4, -0.2) is 24.6 Å². The van der Waals surface area contributed by atoms with Crippen molar-refractivity contribution in [3.63, 3.8) is 0 Å². The van der Waals surface area contributed by atoms with E-state index in [1.165, 1.54) is 12.1 Å². The molecule has 0 radical (unpaired) electrons. The number of carbonyl (C=O) groups is 2. The molecule has 2 aromatic rings. The van der Waals surface area contributed by atoms with Gasteiger partial charge in [0, 0.05) is 6.54 Å². The summed E-state index contributed by atoms with van der Waals surface area (Å²) in [5.41, 5.74) is 0.750. The van der Waals surface area contributed by atoms with Gasteiger partial charge in [-0.3, -0.25) is 4.79 Å². The maximum Gasteiger partial charge on any atom is 0.347 e. The molecule has 1 amide bonds. The van der Waals surface area contributed by atoms with Gasteiger partial charge in [0.1, 0.15) is 11.6 Å². The summed E-state index contributed by atoms with van der Waals surface area (Å²) in [6.07, 6.45) is -0.349. The van der Waals surface area contributed by atoms with Crippen LogP contribution < -0.4 is 10.1 Å². The average molecular weight is 345 g/mol. The zero-order valence-electron chi connectivity index (χ0n) is 13.9. The Labute approximate surface area is 145 Å². The molecule has 0 aliphatic carbocycles. The Kier molecular flexibility index (Phi) is 6.95. The minimum absolute atomic E-state index is 0.231. The monoisotopic (exact) mass is 345 g/mol. The normalized spacial score (nSPS) is 11.4. The molecule has 1 N–H and O–H groups in total. The van der Waals surface area contributed by atoms with Crippen LogP contribution in [0.15, 0.2) is 54.6 Å². The van der Waals surface area contributed by atoms with E-state index in [-0.39, 0.29) is 12.4 Å². The second-order valence-corrected chi connectivity index (χ2v) is 5.34. The highest BCUT2D eigenvalue weighted by atomic mass is 19.1. The van der Waals surface area contributed by atoms with Gasteiger partial charge in [0.2, 0.25) is 0 Å². The number of nitrogens with one attached hydrogen (secondary N) is 1. The first-order valence-electron chi connectivity index (χ1n) is 7.98. The van der Waals surface area contributed by atoms with Crippen LogP contribution >= 0.6 is 0 Å². The summed E-state index contributed by atoms with van der Waals surface area (Å²) in [4.78, 5) is 23.8. The molecule has 0 saturated carbocycles. The maximum atomic E-state index is 12.8. The third-order valence-electron chi connectivity index (χ3n) is 3.40. The van der Waals surface area contributed by atoms with Gasteiger partial charge < -0.3 is 14.8 Å². The third-order valence-corrected chi connectivity index (χ3v) is 3.40. The zero-order chi connectivity index (χ0) is 18.1. The van der Waals surface area contributed by atoms with Crippen molar-refractivity contribution < 1.29 is 23.5 Å². The van der Waals surface area contributed by atoms with Gasteiger partial charge in [-0.1, -0.05) is 37.3 Å². The highest BCUT2D eigenvalue weighted by molar-refractivity contribution is 5.82. The summed E-state index contributed by atoms with van der Waals surface area (Å²) < 4.78 is 23.4. The van der Waals surface area contributed by atoms with Crippen molar-refractivity contribution in [1.29, 1.82) is 0 Å². The number of carbonyl (C=O) groups excluding carboxylic acids is 2. The van der Waals surface area contributed by atoms with Gasteiger partial charge in [-0.15, -0.1) is 0 Å². The molecule has 2 rings (SSSR count). The Bertz CT molecular complexity index is 688. The van der Waals surface area contributed by atoms with Gasteiger partial charge in [0.05, 0.1) is 0 Å². The Morgan fingerprint density at radius 1 is 1.08 bits per heavy atom. The molecule has 0 aliphatic heterocycles. The van der Waals surface area contributed by atoms with Crippen LogP contribution in [0.5, 0.6) is 5.75 Å². The molecule has 2 aromatic carbocycles. The van der Waals surface area contributed by atoms with Crippen molar-refractivity contribution in [1.82, 2.24) is 5.32 Å². The van der Waals surface area contributed by atoms with E-state index in [1.807, 2.05) is 6.07 Å². The molecule has 0 fully saturated rings. The number of para-hydroxylation sites is 1. The van der Waals surface area contributed by atoms with Gasteiger partial charge in [0.25, 0.3) is 5.91 Å². The summed E-state index contributed by atoms with van der Waals surface area (Å²) in [5.74, 6) is -0.810. The maximum absolute atomic E-state index is 12.8. The smallest absolute Gasteiger partial charge is 0.347 e.